The summed E-state index contributed by atoms with van der Waals surface area (Å²) in [6, 6.07) is 0.345. The highest BCUT2D eigenvalue weighted by atomic mass is 16.5. The van der Waals surface area contributed by atoms with E-state index < -0.39 is 0 Å². The van der Waals surface area contributed by atoms with Gasteiger partial charge in [0.05, 0.1) is 6.10 Å². The third-order valence-electron chi connectivity index (χ3n) is 2.49. The average molecular weight is 127 g/mol. The molecule has 3 aliphatic rings. The third kappa shape index (κ3) is 0.864. The van der Waals surface area contributed by atoms with Crippen LogP contribution in [-0.2, 0) is 4.74 Å². The van der Waals surface area contributed by atoms with E-state index in [-0.39, 0.29) is 0 Å². The molecule has 3 rings (SSSR count). The summed E-state index contributed by atoms with van der Waals surface area (Å²) >= 11 is 0. The van der Waals surface area contributed by atoms with Crippen molar-refractivity contribution >= 4 is 0 Å². The Kier molecular flexibility index (Phi) is 1.24. The van der Waals surface area contributed by atoms with Crippen molar-refractivity contribution < 1.29 is 4.74 Å². The van der Waals surface area contributed by atoms with Crippen molar-refractivity contribution in [1.82, 2.24) is 0 Å². The van der Waals surface area contributed by atoms with Gasteiger partial charge in [-0.1, -0.05) is 0 Å². The SMILES string of the molecule is NC1CC2CCC1OC2. The summed E-state index contributed by atoms with van der Waals surface area (Å²) in [5, 5.41) is 0. The van der Waals surface area contributed by atoms with Crippen LogP contribution in [0.2, 0.25) is 0 Å². The van der Waals surface area contributed by atoms with E-state index in [9.17, 15) is 0 Å². The summed E-state index contributed by atoms with van der Waals surface area (Å²) in [6.07, 6.45) is 4.14. The topological polar surface area (TPSA) is 35.2 Å². The maximum absolute atomic E-state index is 5.79. The zero-order valence-corrected chi connectivity index (χ0v) is 5.55. The second-order valence-electron chi connectivity index (χ2n) is 3.21. The molecule has 0 aromatic carbocycles. The quantitative estimate of drug-likeness (QED) is 0.514. The van der Waals surface area contributed by atoms with E-state index in [1.807, 2.05) is 0 Å². The van der Waals surface area contributed by atoms with Crippen molar-refractivity contribution in [3.63, 3.8) is 0 Å². The van der Waals surface area contributed by atoms with Gasteiger partial charge in [0.25, 0.3) is 0 Å². The Hall–Kier alpha value is -0.0800. The van der Waals surface area contributed by atoms with Gasteiger partial charge < -0.3 is 10.5 Å². The molecule has 2 aliphatic heterocycles. The maximum Gasteiger partial charge on any atom is 0.0726 e. The summed E-state index contributed by atoms with van der Waals surface area (Å²) in [4.78, 5) is 0. The van der Waals surface area contributed by atoms with Gasteiger partial charge in [0, 0.05) is 12.6 Å². The molecule has 3 atom stereocenters. The minimum absolute atomic E-state index is 0.345. The highest BCUT2D eigenvalue weighted by molar-refractivity contribution is 4.87. The van der Waals surface area contributed by atoms with Gasteiger partial charge in [0.1, 0.15) is 0 Å². The van der Waals surface area contributed by atoms with Crippen LogP contribution in [0.3, 0.4) is 0 Å². The smallest absolute Gasteiger partial charge is 0.0726 e. The van der Waals surface area contributed by atoms with Crippen LogP contribution in [0.15, 0.2) is 0 Å². The van der Waals surface area contributed by atoms with Gasteiger partial charge in [-0.25, -0.2) is 0 Å². The highest BCUT2D eigenvalue weighted by Gasteiger charge is 2.33. The van der Waals surface area contributed by atoms with Gasteiger partial charge in [-0.3, -0.25) is 0 Å². The molecule has 9 heavy (non-hydrogen) atoms. The fourth-order valence-electron chi connectivity index (χ4n) is 1.89. The number of rotatable bonds is 0. The first-order valence-corrected chi connectivity index (χ1v) is 3.73. The maximum atomic E-state index is 5.79. The lowest BCUT2D eigenvalue weighted by Crippen LogP contribution is -2.48. The van der Waals surface area contributed by atoms with Crippen molar-refractivity contribution in [2.75, 3.05) is 6.61 Å². The number of fused-ring (bicyclic) bond motifs is 3. The summed E-state index contributed by atoms with van der Waals surface area (Å²) in [7, 11) is 0. The van der Waals surface area contributed by atoms with Gasteiger partial charge in [0.15, 0.2) is 0 Å². The molecule has 2 N–H and O–H groups in total. The van der Waals surface area contributed by atoms with Crippen LogP contribution in [0.25, 0.3) is 0 Å². The molecule has 2 heterocycles. The predicted molar refractivity (Wildman–Crippen MR) is 35.1 cm³/mol. The van der Waals surface area contributed by atoms with Crippen molar-refractivity contribution in [3.05, 3.63) is 0 Å². The normalized spacial score (nSPS) is 49.7. The number of hydrogen-bond acceptors (Lipinski definition) is 2. The number of ether oxygens (including phenoxy) is 1. The van der Waals surface area contributed by atoms with E-state index in [1.165, 1.54) is 19.3 Å². The molecule has 0 aromatic heterocycles. The molecule has 3 unspecified atom stereocenters. The van der Waals surface area contributed by atoms with Crippen LogP contribution in [0, 0.1) is 5.92 Å². The monoisotopic (exact) mass is 127 g/mol. The molecule has 2 bridgehead atoms. The first-order valence-electron chi connectivity index (χ1n) is 3.73. The Labute approximate surface area is 55.4 Å². The molecular weight excluding hydrogens is 114 g/mol. The number of nitrogens with two attached hydrogens (primary N) is 1. The Morgan fingerprint density at radius 3 is 2.44 bits per heavy atom. The molecule has 2 nitrogen and oxygen atoms in total. The molecule has 0 amide bonds. The average Bonchev–Trinajstić information content (AvgIpc) is 1.90. The fourth-order valence-corrected chi connectivity index (χ4v) is 1.89. The fraction of sp³-hybridized carbons (Fsp3) is 1.00. The van der Waals surface area contributed by atoms with Crippen molar-refractivity contribution in [3.8, 4) is 0 Å². The molecule has 1 aliphatic carbocycles. The van der Waals surface area contributed by atoms with E-state index >= 15 is 0 Å². The van der Waals surface area contributed by atoms with E-state index in [1.54, 1.807) is 0 Å². The van der Waals surface area contributed by atoms with E-state index in [2.05, 4.69) is 0 Å². The second-order valence-corrected chi connectivity index (χ2v) is 3.21. The van der Waals surface area contributed by atoms with Crippen molar-refractivity contribution in [1.29, 1.82) is 0 Å². The predicted octanol–water partition coefficient (Wildman–Crippen LogP) is 0.513. The molecule has 2 heteroatoms. The van der Waals surface area contributed by atoms with E-state index in [0.29, 0.717) is 12.1 Å². The molecule has 1 saturated carbocycles. The van der Waals surface area contributed by atoms with Crippen LogP contribution in [0.1, 0.15) is 19.3 Å². The zero-order valence-electron chi connectivity index (χ0n) is 5.55. The minimum atomic E-state index is 0.345. The summed E-state index contributed by atoms with van der Waals surface area (Å²) in [5.74, 6) is 0.782. The van der Waals surface area contributed by atoms with Crippen LogP contribution >= 0.6 is 0 Å². The molecule has 52 valence electrons. The lowest BCUT2D eigenvalue weighted by molar-refractivity contribution is -0.0742. The first kappa shape index (κ1) is 5.69. The van der Waals surface area contributed by atoms with Gasteiger partial charge >= 0.3 is 0 Å². The molecule has 0 radical (unpaired) electrons. The van der Waals surface area contributed by atoms with Gasteiger partial charge in [-0.2, -0.15) is 0 Å². The minimum Gasteiger partial charge on any atom is -0.376 e. The van der Waals surface area contributed by atoms with Crippen molar-refractivity contribution in [2.24, 2.45) is 11.7 Å². The van der Waals surface area contributed by atoms with Crippen LogP contribution in [0.5, 0.6) is 0 Å². The largest absolute Gasteiger partial charge is 0.376 e. The van der Waals surface area contributed by atoms with Gasteiger partial charge in [-0.05, 0) is 25.2 Å². The highest BCUT2D eigenvalue weighted by Crippen LogP contribution is 2.31. The third-order valence-corrected chi connectivity index (χ3v) is 2.49. The van der Waals surface area contributed by atoms with E-state index in [0.717, 1.165) is 12.5 Å². The lowest BCUT2D eigenvalue weighted by Gasteiger charge is -2.40. The summed E-state index contributed by atoms with van der Waals surface area (Å²) < 4.78 is 5.46. The Morgan fingerprint density at radius 2 is 2.22 bits per heavy atom. The first-order chi connectivity index (χ1) is 4.36. The number of hydrogen-bond donors (Lipinski definition) is 1. The van der Waals surface area contributed by atoms with Crippen LogP contribution in [0.4, 0.5) is 0 Å². The Bertz CT molecular complexity index is 107. The zero-order chi connectivity index (χ0) is 6.27. The Morgan fingerprint density at radius 1 is 1.33 bits per heavy atom. The van der Waals surface area contributed by atoms with Crippen LogP contribution in [-0.4, -0.2) is 18.8 Å². The standard InChI is InChI=1S/C7H13NO/c8-6-3-5-1-2-7(6)9-4-5/h5-7H,1-4,8H2. The Balaban J connectivity index is 2.06. The molecule has 0 aromatic rings. The molecule has 0 spiro atoms. The molecule has 2 saturated heterocycles. The van der Waals surface area contributed by atoms with Crippen molar-refractivity contribution in [2.45, 2.75) is 31.4 Å². The van der Waals surface area contributed by atoms with Gasteiger partial charge in [0.2, 0.25) is 0 Å². The lowest BCUT2D eigenvalue weighted by atomic mass is 9.82. The summed E-state index contributed by atoms with van der Waals surface area (Å²) in [6.45, 7) is 0.971. The van der Waals surface area contributed by atoms with E-state index in [4.69, 9.17) is 10.5 Å². The molecular formula is C7H13NO. The van der Waals surface area contributed by atoms with Crippen LogP contribution < -0.4 is 5.73 Å². The summed E-state index contributed by atoms with van der Waals surface area (Å²) in [5.41, 5.74) is 5.79. The second kappa shape index (κ2) is 1.96. The molecule has 3 fully saturated rings. The van der Waals surface area contributed by atoms with Gasteiger partial charge in [-0.15, -0.1) is 0 Å².